The molecule has 0 amide bonds. The van der Waals surface area contributed by atoms with Crippen LogP contribution in [-0.4, -0.2) is 15.5 Å². The Labute approximate surface area is 120 Å². The van der Waals surface area contributed by atoms with Crippen molar-refractivity contribution in [1.29, 1.82) is 0 Å². The lowest BCUT2D eigenvalue weighted by Gasteiger charge is -2.20. The lowest BCUT2D eigenvalue weighted by molar-refractivity contribution is 0.594. The summed E-state index contributed by atoms with van der Waals surface area (Å²) in [5.74, 6) is 0. The van der Waals surface area contributed by atoms with Gasteiger partial charge in [0.2, 0.25) is 0 Å². The Kier molecular flexibility index (Phi) is 4.45. The number of benzene rings is 2. The highest BCUT2D eigenvalue weighted by Gasteiger charge is 2.20. The molecule has 0 N–H and O–H groups in total. The Hall–Kier alpha value is -1.81. The number of hydrogen-bond donors (Lipinski definition) is 0. The van der Waals surface area contributed by atoms with Crippen molar-refractivity contribution in [3.05, 3.63) is 60.2 Å². The van der Waals surface area contributed by atoms with Crippen LogP contribution in [-0.2, 0) is 16.4 Å². The molecule has 2 aromatic rings. The Morgan fingerprint density at radius 3 is 2.35 bits per heavy atom. The third kappa shape index (κ3) is 3.02. The van der Waals surface area contributed by atoms with Gasteiger partial charge >= 0.3 is 0 Å². The van der Waals surface area contributed by atoms with Gasteiger partial charge in [0, 0.05) is 7.05 Å². The number of rotatable bonds is 5. The van der Waals surface area contributed by atoms with Crippen molar-refractivity contribution in [3.8, 4) is 0 Å². The van der Waals surface area contributed by atoms with Crippen LogP contribution >= 0.6 is 0 Å². The van der Waals surface area contributed by atoms with E-state index in [1.54, 1.807) is 37.4 Å². The maximum atomic E-state index is 12.5. The summed E-state index contributed by atoms with van der Waals surface area (Å²) in [6, 6.07) is 16.2. The van der Waals surface area contributed by atoms with E-state index in [0.717, 1.165) is 18.4 Å². The van der Waals surface area contributed by atoms with Gasteiger partial charge in [-0.2, -0.15) is 0 Å². The third-order valence-corrected chi connectivity index (χ3v) is 5.01. The van der Waals surface area contributed by atoms with E-state index in [-0.39, 0.29) is 0 Å². The zero-order valence-electron chi connectivity index (χ0n) is 11.8. The summed E-state index contributed by atoms with van der Waals surface area (Å²) in [5, 5.41) is 0. The first kappa shape index (κ1) is 14.6. The lowest BCUT2D eigenvalue weighted by atomic mass is 10.1. The molecule has 20 heavy (non-hydrogen) atoms. The molecule has 0 bridgehead atoms. The number of anilines is 1. The molecule has 0 unspecified atom stereocenters. The molecule has 0 radical (unpaired) electrons. The molecule has 3 nitrogen and oxygen atoms in total. The average Bonchev–Trinajstić information content (AvgIpc) is 2.48. The molecule has 0 fully saturated rings. The monoisotopic (exact) mass is 289 g/mol. The Morgan fingerprint density at radius 2 is 1.70 bits per heavy atom. The number of hydrogen-bond acceptors (Lipinski definition) is 2. The van der Waals surface area contributed by atoms with Crippen LogP contribution in [0.4, 0.5) is 5.69 Å². The highest BCUT2D eigenvalue weighted by molar-refractivity contribution is 7.92. The summed E-state index contributed by atoms with van der Waals surface area (Å²) in [6.45, 7) is 2.11. The van der Waals surface area contributed by atoms with Crippen LogP contribution in [0.5, 0.6) is 0 Å². The van der Waals surface area contributed by atoms with Crippen molar-refractivity contribution >= 4 is 15.7 Å². The molecular formula is C16H19NO2S. The van der Waals surface area contributed by atoms with E-state index in [4.69, 9.17) is 0 Å². The number of nitrogens with zero attached hydrogens (tertiary/aromatic N) is 1. The van der Waals surface area contributed by atoms with E-state index >= 15 is 0 Å². The fraction of sp³-hybridized carbons (Fsp3) is 0.250. The van der Waals surface area contributed by atoms with Crippen molar-refractivity contribution in [2.45, 2.75) is 24.7 Å². The molecule has 0 aliphatic carbocycles. The van der Waals surface area contributed by atoms with Gasteiger partial charge in [0.15, 0.2) is 0 Å². The van der Waals surface area contributed by atoms with Crippen LogP contribution in [0, 0.1) is 0 Å². The van der Waals surface area contributed by atoms with E-state index in [2.05, 4.69) is 6.92 Å². The van der Waals surface area contributed by atoms with Crippen molar-refractivity contribution in [2.75, 3.05) is 11.4 Å². The number of sulfonamides is 1. The zero-order valence-corrected chi connectivity index (χ0v) is 12.6. The van der Waals surface area contributed by atoms with Crippen LogP contribution in [0.1, 0.15) is 18.9 Å². The van der Waals surface area contributed by atoms with Crippen molar-refractivity contribution in [2.24, 2.45) is 0 Å². The SMILES string of the molecule is CCCc1cccc(N(C)S(=O)(=O)c2ccccc2)c1. The first-order valence-corrected chi connectivity index (χ1v) is 8.12. The van der Waals surface area contributed by atoms with Gasteiger partial charge in [-0.05, 0) is 36.2 Å². The first-order valence-electron chi connectivity index (χ1n) is 6.68. The summed E-state index contributed by atoms with van der Waals surface area (Å²) in [4.78, 5) is 0.309. The molecular weight excluding hydrogens is 270 g/mol. The minimum atomic E-state index is -3.49. The van der Waals surface area contributed by atoms with Crippen molar-refractivity contribution in [1.82, 2.24) is 0 Å². The summed E-state index contributed by atoms with van der Waals surface area (Å²) < 4.78 is 26.4. The Bertz CT molecular complexity index is 666. The molecule has 0 atom stereocenters. The zero-order chi connectivity index (χ0) is 14.6. The quantitative estimate of drug-likeness (QED) is 0.845. The fourth-order valence-corrected chi connectivity index (χ4v) is 3.29. The van der Waals surface area contributed by atoms with Gasteiger partial charge in [-0.1, -0.05) is 43.7 Å². The van der Waals surface area contributed by atoms with Gasteiger partial charge in [-0.3, -0.25) is 4.31 Å². The highest BCUT2D eigenvalue weighted by atomic mass is 32.2. The van der Waals surface area contributed by atoms with Gasteiger partial charge in [-0.15, -0.1) is 0 Å². The first-order chi connectivity index (χ1) is 9.55. The van der Waals surface area contributed by atoms with Gasteiger partial charge in [-0.25, -0.2) is 8.42 Å². The summed E-state index contributed by atoms with van der Waals surface area (Å²) in [6.07, 6.45) is 1.99. The maximum Gasteiger partial charge on any atom is 0.264 e. The van der Waals surface area contributed by atoms with Crippen LogP contribution in [0.2, 0.25) is 0 Å². The molecule has 0 heterocycles. The Balaban J connectivity index is 2.36. The second-order valence-electron chi connectivity index (χ2n) is 4.71. The molecule has 0 saturated carbocycles. The van der Waals surface area contributed by atoms with Crippen LogP contribution in [0.3, 0.4) is 0 Å². The lowest BCUT2D eigenvalue weighted by Crippen LogP contribution is -2.26. The summed E-state index contributed by atoms with van der Waals surface area (Å²) in [5.41, 5.74) is 1.85. The summed E-state index contributed by atoms with van der Waals surface area (Å²) in [7, 11) is -1.90. The van der Waals surface area contributed by atoms with Gasteiger partial charge in [0.05, 0.1) is 10.6 Å². The van der Waals surface area contributed by atoms with E-state index in [0.29, 0.717) is 10.6 Å². The van der Waals surface area contributed by atoms with Crippen LogP contribution in [0.25, 0.3) is 0 Å². The minimum absolute atomic E-state index is 0.309. The molecule has 0 aromatic heterocycles. The van der Waals surface area contributed by atoms with E-state index in [1.165, 1.54) is 4.31 Å². The number of aryl methyl sites for hydroxylation is 1. The maximum absolute atomic E-state index is 12.5. The fourth-order valence-electron chi connectivity index (χ4n) is 2.09. The van der Waals surface area contributed by atoms with Gasteiger partial charge < -0.3 is 0 Å². The van der Waals surface area contributed by atoms with E-state index < -0.39 is 10.0 Å². The third-order valence-electron chi connectivity index (χ3n) is 3.21. The highest BCUT2D eigenvalue weighted by Crippen LogP contribution is 2.23. The van der Waals surface area contributed by atoms with Gasteiger partial charge in [0.1, 0.15) is 0 Å². The topological polar surface area (TPSA) is 37.4 Å². The van der Waals surface area contributed by atoms with Crippen LogP contribution < -0.4 is 4.31 Å². The minimum Gasteiger partial charge on any atom is -0.269 e. The van der Waals surface area contributed by atoms with Crippen molar-refractivity contribution in [3.63, 3.8) is 0 Å². The standard InChI is InChI=1S/C16H19NO2S/c1-3-8-14-9-7-10-15(13-14)17(2)20(18,19)16-11-5-4-6-12-16/h4-7,9-13H,3,8H2,1-2H3. The van der Waals surface area contributed by atoms with Gasteiger partial charge in [0.25, 0.3) is 10.0 Å². The molecule has 0 saturated heterocycles. The van der Waals surface area contributed by atoms with E-state index in [9.17, 15) is 8.42 Å². The van der Waals surface area contributed by atoms with E-state index in [1.807, 2.05) is 24.3 Å². The van der Waals surface area contributed by atoms with Crippen LogP contribution in [0.15, 0.2) is 59.5 Å². The average molecular weight is 289 g/mol. The largest absolute Gasteiger partial charge is 0.269 e. The molecule has 2 aromatic carbocycles. The second-order valence-corrected chi connectivity index (χ2v) is 6.67. The molecule has 0 spiro atoms. The molecule has 106 valence electrons. The summed E-state index contributed by atoms with van der Waals surface area (Å²) >= 11 is 0. The normalized spacial score (nSPS) is 11.3. The van der Waals surface area contributed by atoms with Crippen molar-refractivity contribution < 1.29 is 8.42 Å². The molecule has 2 rings (SSSR count). The predicted molar refractivity (Wildman–Crippen MR) is 82.5 cm³/mol. The Morgan fingerprint density at radius 1 is 1.00 bits per heavy atom. The second kappa shape index (κ2) is 6.09. The predicted octanol–water partition coefficient (Wildman–Crippen LogP) is 3.46. The molecule has 0 aliphatic rings. The smallest absolute Gasteiger partial charge is 0.264 e. The molecule has 4 heteroatoms. The molecule has 0 aliphatic heterocycles.